The zero-order chi connectivity index (χ0) is 21.8. The van der Waals surface area contributed by atoms with E-state index >= 15 is 0 Å². The molecule has 31 heavy (non-hydrogen) atoms. The number of carbonyl (C=O) groups is 1. The van der Waals surface area contributed by atoms with Crippen molar-refractivity contribution in [1.29, 1.82) is 0 Å². The van der Waals surface area contributed by atoms with Gasteiger partial charge in [-0.2, -0.15) is 0 Å². The van der Waals surface area contributed by atoms with E-state index in [9.17, 15) is 9.18 Å². The fourth-order valence-corrected chi connectivity index (χ4v) is 4.57. The van der Waals surface area contributed by atoms with Crippen LogP contribution in [0, 0.1) is 5.82 Å². The molecular formula is C26H28FNO3. The van der Waals surface area contributed by atoms with E-state index in [4.69, 9.17) is 4.74 Å². The summed E-state index contributed by atoms with van der Waals surface area (Å²) in [6.07, 6.45) is 3.33. The molecule has 0 aliphatic heterocycles. The molecule has 0 amide bonds. The fourth-order valence-electron chi connectivity index (χ4n) is 4.57. The van der Waals surface area contributed by atoms with Crippen LogP contribution in [0.1, 0.15) is 49.3 Å². The van der Waals surface area contributed by atoms with Crippen LogP contribution in [0.25, 0.3) is 10.8 Å². The molecule has 1 aliphatic carbocycles. The van der Waals surface area contributed by atoms with Gasteiger partial charge in [0.05, 0.1) is 7.11 Å². The summed E-state index contributed by atoms with van der Waals surface area (Å²) < 4.78 is 23.6. The highest BCUT2D eigenvalue weighted by Crippen LogP contribution is 2.36. The normalized spacial score (nSPS) is 19.3. The maximum Gasteiger partial charge on any atom is 0.343 e. The van der Waals surface area contributed by atoms with E-state index in [-0.39, 0.29) is 24.4 Å². The summed E-state index contributed by atoms with van der Waals surface area (Å²) in [4.78, 5) is 11.2. The number of benzene rings is 3. The Labute approximate surface area is 182 Å². The molecule has 0 heterocycles. The Kier molecular flexibility index (Phi) is 6.52. The van der Waals surface area contributed by atoms with Crippen LogP contribution < -0.4 is 10.1 Å². The van der Waals surface area contributed by atoms with Gasteiger partial charge in [0.15, 0.2) is 6.61 Å². The first-order valence-electron chi connectivity index (χ1n) is 10.8. The van der Waals surface area contributed by atoms with Crippen molar-refractivity contribution < 1.29 is 18.7 Å². The Morgan fingerprint density at radius 2 is 1.94 bits per heavy atom. The van der Waals surface area contributed by atoms with Crippen molar-refractivity contribution >= 4 is 16.7 Å². The van der Waals surface area contributed by atoms with Crippen molar-refractivity contribution in [1.82, 2.24) is 5.32 Å². The molecule has 4 rings (SSSR count). The molecule has 0 spiro atoms. The largest absolute Gasteiger partial charge is 0.482 e. The number of hydrogen-bond donors (Lipinski definition) is 1. The second-order valence-electron chi connectivity index (χ2n) is 8.24. The predicted molar refractivity (Wildman–Crippen MR) is 120 cm³/mol. The minimum absolute atomic E-state index is 0.0794. The third-order valence-corrected chi connectivity index (χ3v) is 6.20. The van der Waals surface area contributed by atoms with Crippen molar-refractivity contribution in [3.05, 3.63) is 77.6 Å². The van der Waals surface area contributed by atoms with E-state index in [2.05, 4.69) is 35.2 Å². The molecule has 3 atom stereocenters. The number of fused-ring (bicyclic) bond motifs is 1. The number of halogens is 1. The molecule has 3 aromatic rings. The van der Waals surface area contributed by atoms with Gasteiger partial charge in [-0.05, 0) is 78.3 Å². The van der Waals surface area contributed by atoms with E-state index in [1.54, 1.807) is 6.07 Å². The minimum atomic E-state index is -0.390. The van der Waals surface area contributed by atoms with Gasteiger partial charge >= 0.3 is 5.97 Å². The standard InChI is InChI=1S/C26H28FNO3/c1-17(24-5-3-4-20-14-21(27)9-13-25(20)24)28-22-10-6-19(15-22)18-7-11-23(12-8-18)31-16-26(29)30-2/h3-5,7-9,11-14,17,19,22,28H,6,10,15-16H2,1-2H3/t17-,19-,22?/m1/s1. The van der Waals surface area contributed by atoms with Gasteiger partial charge < -0.3 is 14.8 Å². The number of methoxy groups -OCH3 is 1. The van der Waals surface area contributed by atoms with Gasteiger partial charge in [-0.1, -0.05) is 36.4 Å². The number of rotatable bonds is 7. The first kappa shape index (κ1) is 21.3. The van der Waals surface area contributed by atoms with E-state index < -0.39 is 0 Å². The summed E-state index contributed by atoms with van der Waals surface area (Å²) in [6, 6.07) is 19.7. The quantitative estimate of drug-likeness (QED) is 0.511. The summed E-state index contributed by atoms with van der Waals surface area (Å²) in [5.74, 6) is 0.577. The van der Waals surface area contributed by atoms with E-state index in [1.165, 1.54) is 24.3 Å². The van der Waals surface area contributed by atoms with Crippen LogP contribution in [0.2, 0.25) is 0 Å². The zero-order valence-electron chi connectivity index (χ0n) is 17.9. The molecule has 0 bridgehead atoms. The monoisotopic (exact) mass is 421 g/mol. The van der Waals surface area contributed by atoms with Crippen LogP contribution in [-0.4, -0.2) is 25.7 Å². The average molecular weight is 422 g/mol. The maximum absolute atomic E-state index is 13.6. The van der Waals surface area contributed by atoms with Crippen LogP contribution in [0.5, 0.6) is 5.75 Å². The van der Waals surface area contributed by atoms with Gasteiger partial charge in [-0.15, -0.1) is 0 Å². The van der Waals surface area contributed by atoms with Crippen molar-refractivity contribution in [2.24, 2.45) is 0 Å². The lowest BCUT2D eigenvalue weighted by Crippen LogP contribution is -2.29. The summed E-state index contributed by atoms with van der Waals surface area (Å²) >= 11 is 0. The molecular weight excluding hydrogens is 393 g/mol. The molecule has 0 saturated heterocycles. The van der Waals surface area contributed by atoms with Crippen molar-refractivity contribution in [2.75, 3.05) is 13.7 Å². The van der Waals surface area contributed by atoms with Crippen LogP contribution >= 0.6 is 0 Å². The Hall–Kier alpha value is -2.92. The smallest absolute Gasteiger partial charge is 0.343 e. The van der Waals surface area contributed by atoms with E-state index in [0.29, 0.717) is 17.7 Å². The number of ether oxygens (including phenoxy) is 2. The third kappa shape index (κ3) is 5.05. The number of hydrogen-bond acceptors (Lipinski definition) is 4. The van der Waals surface area contributed by atoms with Gasteiger partial charge in [0.2, 0.25) is 0 Å². The van der Waals surface area contributed by atoms with Gasteiger partial charge in [-0.25, -0.2) is 9.18 Å². The summed E-state index contributed by atoms with van der Waals surface area (Å²) in [5.41, 5.74) is 2.50. The second-order valence-corrected chi connectivity index (χ2v) is 8.24. The van der Waals surface area contributed by atoms with Gasteiger partial charge in [-0.3, -0.25) is 0 Å². The van der Waals surface area contributed by atoms with Gasteiger partial charge in [0.1, 0.15) is 11.6 Å². The van der Waals surface area contributed by atoms with Crippen molar-refractivity contribution in [3.8, 4) is 5.75 Å². The highest BCUT2D eigenvalue weighted by molar-refractivity contribution is 5.86. The van der Waals surface area contributed by atoms with Gasteiger partial charge in [0.25, 0.3) is 0 Å². The number of esters is 1. The average Bonchev–Trinajstić information content (AvgIpc) is 3.25. The molecule has 1 saturated carbocycles. The van der Waals surface area contributed by atoms with E-state index in [0.717, 1.165) is 30.0 Å². The van der Waals surface area contributed by atoms with Crippen LogP contribution in [0.15, 0.2) is 60.7 Å². The van der Waals surface area contributed by atoms with E-state index in [1.807, 2.05) is 30.3 Å². The van der Waals surface area contributed by atoms with Crippen LogP contribution in [-0.2, 0) is 9.53 Å². The maximum atomic E-state index is 13.6. The highest BCUT2D eigenvalue weighted by atomic mass is 19.1. The molecule has 5 heteroatoms. The first-order valence-corrected chi connectivity index (χ1v) is 10.8. The van der Waals surface area contributed by atoms with Crippen molar-refractivity contribution in [3.63, 3.8) is 0 Å². The Bertz CT molecular complexity index is 1050. The third-order valence-electron chi connectivity index (χ3n) is 6.20. The molecule has 0 aromatic heterocycles. The lowest BCUT2D eigenvalue weighted by molar-refractivity contribution is -0.142. The molecule has 1 fully saturated rings. The minimum Gasteiger partial charge on any atom is -0.482 e. The number of carbonyl (C=O) groups excluding carboxylic acids is 1. The van der Waals surface area contributed by atoms with Crippen molar-refractivity contribution in [2.45, 2.75) is 44.2 Å². The molecule has 3 aromatic carbocycles. The lowest BCUT2D eigenvalue weighted by Gasteiger charge is -2.21. The lowest BCUT2D eigenvalue weighted by atomic mass is 9.96. The predicted octanol–water partition coefficient (Wildman–Crippen LogP) is 5.52. The number of nitrogens with one attached hydrogen (secondary N) is 1. The summed E-state index contributed by atoms with van der Waals surface area (Å²) in [6.45, 7) is 2.10. The molecule has 162 valence electrons. The van der Waals surface area contributed by atoms with Gasteiger partial charge in [0, 0.05) is 12.1 Å². The molecule has 1 aliphatic rings. The topological polar surface area (TPSA) is 47.6 Å². The molecule has 1 N–H and O–H groups in total. The van der Waals surface area contributed by atoms with Crippen LogP contribution in [0.3, 0.4) is 0 Å². The SMILES string of the molecule is COC(=O)COc1ccc([C@@H]2CCC(N[C@H](C)c3cccc4cc(F)ccc34)C2)cc1. The Morgan fingerprint density at radius 1 is 1.13 bits per heavy atom. The van der Waals surface area contributed by atoms with Crippen LogP contribution in [0.4, 0.5) is 4.39 Å². The molecule has 1 unspecified atom stereocenters. The zero-order valence-corrected chi connectivity index (χ0v) is 17.9. The Morgan fingerprint density at radius 3 is 2.71 bits per heavy atom. The first-order chi connectivity index (χ1) is 15.0. The Balaban J connectivity index is 1.37. The molecule has 4 nitrogen and oxygen atoms in total. The highest BCUT2D eigenvalue weighted by Gasteiger charge is 2.27. The summed E-state index contributed by atoms with van der Waals surface area (Å²) in [7, 11) is 1.35. The summed E-state index contributed by atoms with van der Waals surface area (Å²) in [5, 5.41) is 5.82. The molecule has 0 radical (unpaired) electrons. The fraction of sp³-hybridized carbons (Fsp3) is 0.346. The second kappa shape index (κ2) is 9.48.